The molecule has 3 heteroatoms. The van der Waals surface area contributed by atoms with E-state index >= 15 is 0 Å². The minimum absolute atomic E-state index is 0.278. The van der Waals surface area contributed by atoms with Crippen molar-refractivity contribution in [1.82, 2.24) is 5.32 Å². The first-order valence-corrected chi connectivity index (χ1v) is 5.75. The zero-order chi connectivity index (χ0) is 11.4. The summed E-state index contributed by atoms with van der Waals surface area (Å²) in [4.78, 5) is 4.38. The first kappa shape index (κ1) is 11.1. The van der Waals surface area contributed by atoms with E-state index in [2.05, 4.69) is 34.6 Å². The molecule has 0 aliphatic carbocycles. The van der Waals surface area contributed by atoms with Gasteiger partial charge >= 0.3 is 0 Å². The zero-order valence-electron chi connectivity index (χ0n) is 9.86. The van der Waals surface area contributed by atoms with Crippen LogP contribution in [0.2, 0.25) is 0 Å². The Kier molecular flexibility index (Phi) is 3.57. The van der Waals surface area contributed by atoms with E-state index in [1.165, 1.54) is 5.56 Å². The molecule has 0 fully saturated rings. The summed E-state index contributed by atoms with van der Waals surface area (Å²) in [6.45, 7) is 6.61. The molecule has 1 aromatic rings. The van der Waals surface area contributed by atoms with Crippen molar-refractivity contribution in [2.24, 2.45) is 4.99 Å². The third kappa shape index (κ3) is 2.83. The Bertz CT molecular complexity index is 368. The largest absolute Gasteiger partial charge is 0.374 e. The second-order valence-corrected chi connectivity index (χ2v) is 4.21. The number of nitrogens with one attached hydrogen (secondary N) is 1. The van der Waals surface area contributed by atoms with E-state index in [4.69, 9.17) is 4.74 Å². The zero-order valence-corrected chi connectivity index (χ0v) is 9.86. The predicted molar refractivity (Wildman–Crippen MR) is 65.8 cm³/mol. The lowest BCUT2D eigenvalue weighted by atomic mass is 10.1. The number of hydrogen-bond donors (Lipinski definition) is 1. The van der Waals surface area contributed by atoms with Crippen molar-refractivity contribution in [3.63, 3.8) is 0 Å². The first-order valence-electron chi connectivity index (χ1n) is 5.75. The van der Waals surface area contributed by atoms with Crippen LogP contribution in [0.5, 0.6) is 0 Å². The van der Waals surface area contributed by atoms with Crippen LogP contribution in [0.4, 0.5) is 0 Å². The van der Waals surface area contributed by atoms with Gasteiger partial charge in [0.1, 0.15) is 5.84 Å². The molecule has 0 saturated carbocycles. The van der Waals surface area contributed by atoms with Crippen molar-refractivity contribution in [3.05, 3.63) is 35.4 Å². The van der Waals surface area contributed by atoms with E-state index in [0.29, 0.717) is 6.61 Å². The smallest absolute Gasteiger partial charge is 0.128 e. The molecule has 0 saturated heterocycles. The second-order valence-electron chi connectivity index (χ2n) is 4.21. The molecule has 16 heavy (non-hydrogen) atoms. The lowest BCUT2D eigenvalue weighted by molar-refractivity contribution is 0.0657. The molecule has 0 aromatic heterocycles. The van der Waals surface area contributed by atoms with Crippen molar-refractivity contribution >= 4 is 5.84 Å². The van der Waals surface area contributed by atoms with Gasteiger partial charge in [-0.15, -0.1) is 0 Å². The highest BCUT2D eigenvalue weighted by molar-refractivity contribution is 5.99. The summed E-state index contributed by atoms with van der Waals surface area (Å²) in [5.41, 5.74) is 2.36. The van der Waals surface area contributed by atoms with E-state index in [-0.39, 0.29) is 6.10 Å². The second kappa shape index (κ2) is 5.12. The number of aliphatic imine (C=N–C) groups is 1. The molecule has 1 N–H and O–H groups in total. The van der Waals surface area contributed by atoms with E-state index in [1.807, 2.05) is 13.8 Å². The molecule has 1 heterocycles. The highest BCUT2D eigenvalue weighted by atomic mass is 16.5. The monoisotopic (exact) mass is 218 g/mol. The lowest BCUT2D eigenvalue weighted by Gasteiger charge is -2.08. The molecule has 86 valence electrons. The molecule has 0 atom stereocenters. The number of amidine groups is 1. The van der Waals surface area contributed by atoms with E-state index in [9.17, 15) is 0 Å². The van der Waals surface area contributed by atoms with Gasteiger partial charge in [-0.25, -0.2) is 0 Å². The summed E-state index contributed by atoms with van der Waals surface area (Å²) in [7, 11) is 0. The summed E-state index contributed by atoms with van der Waals surface area (Å²) in [5, 5.41) is 3.26. The minimum atomic E-state index is 0.278. The van der Waals surface area contributed by atoms with Gasteiger partial charge in [-0.2, -0.15) is 0 Å². The highest BCUT2D eigenvalue weighted by Gasteiger charge is 2.07. The first-order chi connectivity index (χ1) is 7.75. The fourth-order valence-corrected chi connectivity index (χ4v) is 1.61. The van der Waals surface area contributed by atoms with Crippen LogP contribution in [-0.4, -0.2) is 25.0 Å². The quantitative estimate of drug-likeness (QED) is 0.838. The molecule has 2 rings (SSSR count). The van der Waals surface area contributed by atoms with E-state index < -0.39 is 0 Å². The standard InChI is InChI=1S/C13H18N2O/c1-10(2)16-9-11-3-5-12(6-4-11)13-14-7-8-15-13/h3-6,10H,7-9H2,1-2H3,(H,14,15). The third-order valence-corrected chi connectivity index (χ3v) is 2.48. The molecule has 1 aliphatic heterocycles. The van der Waals surface area contributed by atoms with Gasteiger partial charge in [0.2, 0.25) is 0 Å². The number of rotatable bonds is 4. The van der Waals surface area contributed by atoms with Gasteiger partial charge < -0.3 is 10.1 Å². The topological polar surface area (TPSA) is 33.6 Å². The molecule has 1 aromatic carbocycles. The maximum atomic E-state index is 5.55. The molecule has 0 unspecified atom stereocenters. The van der Waals surface area contributed by atoms with Crippen molar-refractivity contribution in [3.8, 4) is 0 Å². The molecule has 0 radical (unpaired) electrons. The molecule has 0 amide bonds. The molecule has 0 spiro atoms. The van der Waals surface area contributed by atoms with Gasteiger partial charge in [0.15, 0.2) is 0 Å². The van der Waals surface area contributed by atoms with Gasteiger partial charge in [-0.05, 0) is 19.4 Å². The normalized spacial score (nSPS) is 15.1. The summed E-state index contributed by atoms with van der Waals surface area (Å²) in [6, 6.07) is 8.38. The van der Waals surface area contributed by atoms with Gasteiger partial charge in [0, 0.05) is 12.1 Å². The van der Waals surface area contributed by atoms with Crippen molar-refractivity contribution < 1.29 is 4.74 Å². The van der Waals surface area contributed by atoms with Crippen molar-refractivity contribution in [2.75, 3.05) is 13.1 Å². The van der Waals surface area contributed by atoms with Crippen LogP contribution in [0.1, 0.15) is 25.0 Å². The summed E-state index contributed by atoms with van der Waals surface area (Å²) < 4.78 is 5.55. The summed E-state index contributed by atoms with van der Waals surface area (Å²) >= 11 is 0. The minimum Gasteiger partial charge on any atom is -0.374 e. The van der Waals surface area contributed by atoms with E-state index in [0.717, 1.165) is 24.5 Å². The maximum absolute atomic E-state index is 5.55. The van der Waals surface area contributed by atoms with E-state index in [1.54, 1.807) is 0 Å². The number of hydrogen-bond acceptors (Lipinski definition) is 3. The fraction of sp³-hybridized carbons (Fsp3) is 0.462. The van der Waals surface area contributed by atoms with Crippen LogP contribution in [-0.2, 0) is 11.3 Å². The number of benzene rings is 1. The van der Waals surface area contributed by atoms with Gasteiger partial charge in [-0.3, -0.25) is 4.99 Å². The van der Waals surface area contributed by atoms with Crippen LogP contribution in [0.3, 0.4) is 0 Å². The van der Waals surface area contributed by atoms with Crippen molar-refractivity contribution in [2.45, 2.75) is 26.6 Å². The average Bonchev–Trinajstić information content (AvgIpc) is 2.80. The molecule has 0 bridgehead atoms. The Morgan fingerprint density at radius 3 is 2.62 bits per heavy atom. The maximum Gasteiger partial charge on any atom is 0.128 e. The predicted octanol–water partition coefficient (Wildman–Crippen LogP) is 1.96. The Labute approximate surface area is 96.5 Å². The van der Waals surface area contributed by atoms with Gasteiger partial charge in [0.25, 0.3) is 0 Å². The number of nitrogens with zero attached hydrogens (tertiary/aromatic N) is 1. The third-order valence-electron chi connectivity index (χ3n) is 2.48. The van der Waals surface area contributed by atoms with Crippen LogP contribution in [0, 0.1) is 0 Å². The lowest BCUT2D eigenvalue weighted by Crippen LogP contribution is -2.19. The molecular weight excluding hydrogens is 200 g/mol. The molecular formula is C13H18N2O. The highest BCUT2D eigenvalue weighted by Crippen LogP contribution is 2.08. The summed E-state index contributed by atoms with van der Waals surface area (Å²) in [6.07, 6.45) is 0.278. The Morgan fingerprint density at radius 1 is 1.31 bits per heavy atom. The molecule has 1 aliphatic rings. The van der Waals surface area contributed by atoms with Crippen LogP contribution in [0.25, 0.3) is 0 Å². The van der Waals surface area contributed by atoms with Gasteiger partial charge in [-0.1, -0.05) is 24.3 Å². The Hall–Kier alpha value is -1.35. The van der Waals surface area contributed by atoms with Crippen LogP contribution >= 0.6 is 0 Å². The number of ether oxygens (including phenoxy) is 1. The molecule has 3 nitrogen and oxygen atoms in total. The van der Waals surface area contributed by atoms with Gasteiger partial charge in [0.05, 0.1) is 19.3 Å². The SMILES string of the molecule is CC(C)OCc1ccc(C2=NCCN2)cc1. The fourth-order valence-electron chi connectivity index (χ4n) is 1.61. The Balaban J connectivity index is 1.99. The van der Waals surface area contributed by atoms with Crippen LogP contribution in [0.15, 0.2) is 29.3 Å². The average molecular weight is 218 g/mol. The van der Waals surface area contributed by atoms with Crippen LogP contribution < -0.4 is 5.32 Å². The summed E-state index contributed by atoms with van der Waals surface area (Å²) in [5.74, 6) is 1.01. The van der Waals surface area contributed by atoms with Crippen molar-refractivity contribution in [1.29, 1.82) is 0 Å². The Morgan fingerprint density at radius 2 is 2.06 bits per heavy atom.